The zero-order valence-corrected chi connectivity index (χ0v) is 7.20. The van der Waals surface area contributed by atoms with Crippen LogP contribution >= 0.6 is 0 Å². The van der Waals surface area contributed by atoms with E-state index in [-0.39, 0.29) is 0 Å². The largest absolute Gasteiger partial charge is 0.365 e. The number of hydrogen-bond donors (Lipinski definition) is 1. The molecule has 0 saturated heterocycles. The minimum atomic E-state index is 0.812. The van der Waals surface area contributed by atoms with Gasteiger partial charge in [-0.15, -0.1) is 5.10 Å². The highest BCUT2D eigenvalue weighted by atomic mass is 15.2. The average Bonchev–Trinajstić information content (AvgIpc) is 2.14. The van der Waals surface area contributed by atoms with Crippen molar-refractivity contribution in [3.8, 4) is 0 Å². The number of nitrogens with zero attached hydrogens (tertiary/aromatic N) is 2. The number of aromatic nitrogens is 2. The SMILES string of the molecule is CC/C=C/CNc1cccnn1. The molecule has 0 saturated carbocycles. The highest BCUT2D eigenvalue weighted by Gasteiger charge is 1.86. The van der Waals surface area contributed by atoms with Crippen molar-refractivity contribution < 1.29 is 0 Å². The second-order valence-corrected chi connectivity index (χ2v) is 2.37. The molecule has 64 valence electrons. The molecule has 0 bridgehead atoms. The fraction of sp³-hybridized carbons (Fsp3) is 0.333. The molecule has 0 fully saturated rings. The monoisotopic (exact) mass is 163 g/mol. The van der Waals surface area contributed by atoms with Crippen LogP contribution in [0.1, 0.15) is 13.3 Å². The smallest absolute Gasteiger partial charge is 0.148 e. The molecular weight excluding hydrogens is 150 g/mol. The normalized spacial score (nSPS) is 10.4. The molecule has 0 radical (unpaired) electrons. The number of allylic oxidation sites excluding steroid dienone is 1. The minimum Gasteiger partial charge on any atom is -0.365 e. The van der Waals surface area contributed by atoms with Crippen molar-refractivity contribution in [3.05, 3.63) is 30.5 Å². The lowest BCUT2D eigenvalue weighted by Crippen LogP contribution is -2.00. The quantitative estimate of drug-likeness (QED) is 0.688. The van der Waals surface area contributed by atoms with E-state index in [9.17, 15) is 0 Å². The van der Waals surface area contributed by atoms with E-state index in [4.69, 9.17) is 0 Å². The predicted octanol–water partition coefficient (Wildman–Crippen LogP) is 1.85. The van der Waals surface area contributed by atoms with Crippen molar-refractivity contribution in [1.82, 2.24) is 10.2 Å². The van der Waals surface area contributed by atoms with Gasteiger partial charge in [0.25, 0.3) is 0 Å². The standard InChI is InChI=1S/C9H13N3/c1-2-3-4-7-10-9-6-5-8-11-12-9/h3-6,8H,2,7H2,1H3,(H,10,12)/b4-3+. The van der Waals surface area contributed by atoms with Crippen LogP contribution in [0.25, 0.3) is 0 Å². The van der Waals surface area contributed by atoms with Gasteiger partial charge in [0.05, 0.1) is 0 Å². The van der Waals surface area contributed by atoms with Gasteiger partial charge >= 0.3 is 0 Å². The Morgan fingerprint density at radius 3 is 3.08 bits per heavy atom. The van der Waals surface area contributed by atoms with Gasteiger partial charge < -0.3 is 5.32 Å². The van der Waals surface area contributed by atoms with E-state index in [0.717, 1.165) is 18.8 Å². The summed E-state index contributed by atoms with van der Waals surface area (Å²) in [6.45, 7) is 2.92. The molecule has 3 heteroatoms. The van der Waals surface area contributed by atoms with Gasteiger partial charge in [0, 0.05) is 12.7 Å². The summed E-state index contributed by atoms with van der Waals surface area (Å²) >= 11 is 0. The summed E-state index contributed by atoms with van der Waals surface area (Å²) in [5.74, 6) is 0.818. The molecule has 0 atom stereocenters. The van der Waals surface area contributed by atoms with Crippen LogP contribution in [0.2, 0.25) is 0 Å². The molecule has 0 amide bonds. The van der Waals surface area contributed by atoms with Crippen LogP contribution in [-0.2, 0) is 0 Å². The third kappa shape index (κ3) is 3.14. The summed E-state index contributed by atoms with van der Waals surface area (Å²) < 4.78 is 0. The second kappa shape index (κ2) is 5.29. The molecule has 1 N–H and O–H groups in total. The predicted molar refractivity (Wildman–Crippen MR) is 50.0 cm³/mol. The Morgan fingerprint density at radius 1 is 1.50 bits per heavy atom. The first kappa shape index (κ1) is 8.71. The Balaban J connectivity index is 2.29. The van der Waals surface area contributed by atoms with E-state index < -0.39 is 0 Å². The summed E-state index contributed by atoms with van der Waals surface area (Å²) in [7, 11) is 0. The lowest BCUT2D eigenvalue weighted by molar-refractivity contribution is 1.02. The highest BCUT2D eigenvalue weighted by molar-refractivity contribution is 5.32. The average molecular weight is 163 g/mol. The molecule has 3 nitrogen and oxygen atoms in total. The van der Waals surface area contributed by atoms with Crippen LogP contribution in [0, 0.1) is 0 Å². The molecule has 0 aliphatic heterocycles. The first-order chi connectivity index (χ1) is 5.93. The lowest BCUT2D eigenvalue weighted by atomic mass is 10.4. The van der Waals surface area contributed by atoms with Gasteiger partial charge in [-0.05, 0) is 18.6 Å². The number of hydrogen-bond acceptors (Lipinski definition) is 3. The van der Waals surface area contributed by atoms with Crippen molar-refractivity contribution in [3.63, 3.8) is 0 Å². The molecule has 1 rings (SSSR count). The zero-order chi connectivity index (χ0) is 8.65. The van der Waals surface area contributed by atoms with Crippen molar-refractivity contribution in [2.45, 2.75) is 13.3 Å². The fourth-order valence-electron chi connectivity index (χ4n) is 0.809. The van der Waals surface area contributed by atoms with E-state index in [1.807, 2.05) is 12.1 Å². The highest BCUT2D eigenvalue weighted by Crippen LogP contribution is 1.96. The van der Waals surface area contributed by atoms with Gasteiger partial charge in [-0.2, -0.15) is 5.10 Å². The molecular formula is C9H13N3. The second-order valence-electron chi connectivity index (χ2n) is 2.37. The van der Waals surface area contributed by atoms with Gasteiger partial charge in [0.15, 0.2) is 0 Å². The Bertz CT molecular complexity index is 231. The first-order valence-electron chi connectivity index (χ1n) is 4.10. The molecule has 0 aliphatic rings. The van der Waals surface area contributed by atoms with Gasteiger partial charge in [0.2, 0.25) is 0 Å². The molecule has 1 heterocycles. The molecule has 1 aromatic heterocycles. The molecule has 0 aromatic carbocycles. The van der Waals surface area contributed by atoms with Crippen molar-refractivity contribution in [2.24, 2.45) is 0 Å². The molecule has 0 unspecified atom stereocenters. The maximum absolute atomic E-state index is 3.88. The van der Waals surface area contributed by atoms with Crippen LogP contribution in [0.15, 0.2) is 30.5 Å². The van der Waals surface area contributed by atoms with E-state index >= 15 is 0 Å². The Hall–Kier alpha value is -1.38. The summed E-state index contributed by atoms with van der Waals surface area (Å²) in [6.07, 6.45) is 6.92. The van der Waals surface area contributed by atoms with E-state index in [2.05, 4.69) is 34.6 Å². The lowest BCUT2D eigenvalue weighted by Gasteiger charge is -1.98. The van der Waals surface area contributed by atoms with Crippen molar-refractivity contribution in [2.75, 3.05) is 11.9 Å². The van der Waals surface area contributed by atoms with Gasteiger partial charge in [-0.1, -0.05) is 19.1 Å². The van der Waals surface area contributed by atoms with Crippen LogP contribution in [0.4, 0.5) is 5.82 Å². The maximum atomic E-state index is 3.88. The van der Waals surface area contributed by atoms with Gasteiger partial charge in [-0.25, -0.2) is 0 Å². The Kier molecular flexibility index (Phi) is 3.84. The summed E-state index contributed by atoms with van der Waals surface area (Å²) in [5.41, 5.74) is 0. The maximum Gasteiger partial charge on any atom is 0.148 e. The topological polar surface area (TPSA) is 37.8 Å². The van der Waals surface area contributed by atoms with E-state index in [1.54, 1.807) is 6.20 Å². The van der Waals surface area contributed by atoms with Crippen LogP contribution < -0.4 is 5.32 Å². The third-order valence-electron chi connectivity index (χ3n) is 1.38. The number of rotatable bonds is 4. The Labute approximate surface area is 72.5 Å². The summed E-state index contributed by atoms with van der Waals surface area (Å²) in [4.78, 5) is 0. The fourth-order valence-corrected chi connectivity index (χ4v) is 0.809. The molecule has 0 spiro atoms. The molecule has 12 heavy (non-hydrogen) atoms. The van der Waals surface area contributed by atoms with Crippen LogP contribution in [0.5, 0.6) is 0 Å². The Morgan fingerprint density at radius 2 is 2.42 bits per heavy atom. The minimum absolute atomic E-state index is 0.812. The number of anilines is 1. The molecule has 0 aliphatic carbocycles. The van der Waals surface area contributed by atoms with Crippen LogP contribution in [-0.4, -0.2) is 16.7 Å². The first-order valence-corrected chi connectivity index (χ1v) is 4.10. The van der Waals surface area contributed by atoms with Gasteiger partial charge in [-0.3, -0.25) is 0 Å². The van der Waals surface area contributed by atoms with Gasteiger partial charge in [0.1, 0.15) is 5.82 Å². The van der Waals surface area contributed by atoms with E-state index in [0.29, 0.717) is 0 Å². The zero-order valence-electron chi connectivity index (χ0n) is 7.20. The molecule has 1 aromatic rings. The summed E-state index contributed by atoms with van der Waals surface area (Å²) in [5, 5.41) is 10.7. The van der Waals surface area contributed by atoms with E-state index in [1.165, 1.54) is 0 Å². The third-order valence-corrected chi connectivity index (χ3v) is 1.38. The summed E-state index contributed by atoms with van der Waals surface area (Å²) in [6, 6.07) is 3.76. The van der Waals surface area contributed by atoms with Crippen molar-refractivity contribution >= 4 is 5.82 Å². The number of nitrogens with one attached hydrogen (secondary N) is 1. The van der Waals surface area contributed by atoms with Crippen molar-refractivity contribution in [1.29, 1.82) is 0 Å². The van der Waals surface area contributed by atoms with Crippen LogP contribution in [0.3, 0.4) is 0 Å².